The molecular formula is C27H23ClN4O3. The largest absolute Gasteiger partial charge is 0.375 e. The zero-order chi connectivity index (χ0) is 24.4. The minimum Gasteiger partial charge on any atom is -0.375 e. The van der Waals surface area contributed by atoms with Crippen LogP contribution >= 0.6 is 11.6 Å². The van der Waals surface area contributed by atoms with Crippen LogP contribution in [-0.4, -0.2) is 26.1 Å². The lowest BCUT2D eigenvalue weighted by atomic mass is 10.0. The van der Waals surface area contributed by atoms with Gasteiger partial charge in [-0.25, -0.2) is 9.78 Å². The Morgan fingerprint density at radius 2 is 1.71 bits per heavy atom. The summed E-state index contributed by atoms with van der Waals surface area (Å²) in [5, 5.41) is 0.582. The van der Waals surface area contributed by atoms with E-state index in [9.17, 15) is 9.59 Å². The minimum absolute atomic E-state index is 0.0916. The molecule has 7 nitrogen and oxygen atoms in total. The lowest BCUT2D eigenvalue weighted by molar-refractivity contribution is 0.114. The number of nitrogens with zero attached hydrogens (tertiary/aromatic N) is 3. The topological polar surface area (TPSA) is 89.9 Å². The normalized spacial score (nSPS) is 11.4. The van der Waals surface area contributed by atoms with Crippen molar-refractivity contribution in [2.45, 2.75) is 26.5 Å². The summed E-state index contributed by atoms with van der Waals surface area (Å²) in [6.07, 6.45) is 0.734. The summed E-state index contributed by atoms with van der Waals surface area (Å²) in [7, 11) is 0. The minimum atomic E-state index is -0.707. The summed E-state index contributed by atoms with van der Waals surface area (Å²) in [5.41, 5.74) is 4.42. The number of benzene rings is 3. The van der Waals surface area contributed by atoms with Crippen molar-refractivity contribution >= 4 is 22.6 Å². The van der Waals surface area contributed by atoms with Gasteiger partial charge in [0.1, 0.15) is 0 Å². The highest BCUT2D eigenvalue weighted by Gasteiger charge is 2.19. The van der Waals surface area contributed by atoms with Crippen molar-refractivity contribution in [3.63, 3.8) is 0 Å². The van der Waals surface area contributed by atoms with E-state index < -0.39 is 11.2 Å². The molecule has 0 saturated carbocycles. The molecule has 0 atom stereocenters. The monoisotopic (exact) mass is 486 g/mol. The van der Waals surface area contributed by atoms with Crippen LogP contribution in [-0.2, 0) is 24.3 Å². The molecule has 0 radical (unpaired) electrons. The molecule has 0 unspecified atom stereocenters. The van der Waals surface area contributed by atoms with E-state index in [0.29, 0.717) is 30.3 Å². The second kappa shape index (κ2) is 9.82. The number of aromatic nitrogens is 4. The number of nitrogens with one attached hydrogen (secondary N) is 1. The molecule has 2 aliphatic heterocycles. The molecule has 0 amide bonds. The highest BCUT2D eigenvalue weighted by Crippen LogP contribution is 2.27. The molecule has 2 aliphatic rings. The van der Waals surface area contributed by atoms with Crippen LogP contribution in [0.2, 0.25) is 5.02 Å². The molecule has 3 aromatic rings. The first-order chi connectivity index (χ1) is 17.0. The fourth-order valence-corrected chi connectivity index (χ4v) is 4.42. The smallest absolute Gasteiger partial charge is 0.349 e. The number of fused-ring (bicyclic) bond motifs is 2. The van der Waals surface area contributed by atoms with Crippen LogP contribution < -0.4 is 11.2 Å². The molecule has 35 heavy (non-hydrogen) atoms. The number of halogens is 1. The van der Waals surface area contributed by atoms with E-state index in [-0.39, 0.29) is 11.5 Å². The predicted molar refractivity (Wildman–Crippen MR) is 137 cm³/mol. The molecule has 0 spiro atoms. The third-order valence-electron chi connectivity index (χ3n) is 5.95. The maximum Gasteiger partial charge on any atom is 0.349 e. The first-order valence-corrected chi connectivity index (χ1v) is 11.8. The van der Waals surface area contributed by atoms with Gasteiger partial charge in [0.15, 0.2) is 11.5 Å². The number of aryl methyl sites for hydroxylation is 1. The van der Waals surface area contributed by atoms with Crippen molar-refractivity contribution < 1.29 is 4.74 Å². The average molecular weight is 487 g/mol. The highest BCUT2D eigenvalue weighted by molar-refractivity contribution is 6.32. The molecule has 8 heteroatoms. The third-order valence-corrected chi connectivity index (χ3v) is 6.30. The quantitative estimate of drug-likeness (QED) is 0.266. The van der Waals surface area contributed by atoms with Crippen molar-refractivity contribution in [1.29, 1.82) is 0 Å². The molecular weight excluding hydrogens is 464 g/mol. The Bertz CT molecular complexity index is 1580. The lowest BCUT2D eigenvalue weighted by Gasteiger charge is -2.18. The van der Waals surface area contributed by atoms with Crippen molar-refractivity contribution in [1.82, 2.24) is 19.5 Å². The zero-order valence-electron chi connectivity index (χ0n) is 19.1. The fraction of sp³-hybridized carbons (Fsp3) is 0.185. The lowest BCUT2D eigenvalue weighted by Crippen LogP contribution is -2.29. The number of rotatable bonds is 7. The van der Waals surface area contributed by atoms with Gasteiger partial charge in [-0.1, -0.05) is 73.1 Å². The van der Waals surface area contributed by atoms with Gasteiger partial charge in [-0.15, -0.1) is 0 Å². The molecule has 0 saturated heterocycles. The molecule has 2 heterocycles. The summed E-state index contributed by atoms with van der Waals surface area (Å²) in [6.45, 7) is 3.19. The molecule has 0 aliphatic carbocycles. The van der Waals surface area contributed by atoms with E-state index in [4.69, 9.17) is 16.3 Å². The van der Waals surface area contributed by atoms with Gasteiger partial charge in [-0.3, -0.25) is 9.78 Å². The van der Waals surface area contributed by atoms with Crippen LogP contribution in [0.1, 0.15) is 18.1 Å². The molecule has 3 aromatic carbocycles. The fourth-order valence-electron chi connectivity index (χ4n) is 4.13. The van der Waals surface area contributed by atoms with Crippen molar-refractivity contribution in [3.05, 3.63) is 104 Å². The Hall–Kier alpha value is -3.81. The zero-order valence-corrected chi connectivity index (χ0v) is 19.9. The first-order valence-electron chi connectivity index (χ1n) is 11.4. The van der Waals surface area contributed by atoms with E-state index in [1.807, 2.05) is 47.9 Å². The van der Waals surface area contributed by atoms with Gasteiger partial charge >= 0.3 is 5.69 Å². The third kappa shape index (κ3) is 4.73. The van der Waals surface area contributed by atoms with Gasteiger partial charge < -0.3 is 9.30 Å². The van der Waals surface area contributed by atoms with Crippen LogP contribution in [0.5, 0.6) is 0 Å². The van der Waals surface area contributed by atoms with E-state index in [2.05, 4.69) is 39.2 Å². The molecule has 0 aromatic heterocycles. The van der Waals surface area contributed by atoms with E-state index in [1.165, 1.54) is 5.56 Å². The van der Waals surface area contributed by atoms with Crippen molar-refractivity contribution in [2.24, 2.45) is 0 Å². The average Bonchev–Trinajstić information content (AvgIpc) is 2.87. The summed E-state index contributed by atoms with van der Waals surface area (Å²) in [6, 6.07) is 22.1. The Morgan fingerprint density at radius 3 is 2.46 bits per heavy atom. The Labute approximate surface area is 206 Å². The van der Waals surface area contributed by atoms with E-state index in [1.54, 1.807) is 6.07 Å². The standard InChI is InChI=1S/C27H23ClN4O3/c1-2-18-14-23-22(15-21(18)28)29-24-25(30-27(34)31-26(24)33)32(23)12-13-35-16-17-8-10-20(11-9-17)19-6-4-3-5-7-19/h3-11,14-15H,2,12-13,16H2,1H3,(H,31,33,34). The Balaban J connectivity index is 1.39. The van der Waals surface area contributed by atoms with Gasteiger partial charge in [-0.05, 0) is 40.8 Å². The van der Waals surface area contributed by atoms with Crippen LogP contribution in [0.25, 0.3) is 33.7 Å². The second-order valence-corrected chi connectivity index (χ2v) is 8.62. The maximum atomic E-state index is 12.4. The predicted octanol–water partition coefficient (Wildman–Crippen LogP) is 4.68. The summed E-state index contributed by atoms with van der Waals surface area (Å²) in [5.74, 6) is 0.228. The van der Waals surface area contributed by atoms with Crippen LogP contribution in [0, 0.1) is 0 Å². The van der Waals surface area contributed by atoms with Gasteiger partial charge in [0.05, 0.1) is 24.2 Å². The second-order valence-electron chi connectivity index (χ2n) is 8.21. The van der Waals surface area contributed by atoms with Crippen molar-refractivity contribution in [3.8, 4) is 22.6 Å². The Morgan fingerprint density at radius 1 is 0.971 bits per heavy atom. The molecule has 1 N–H and O–H groups in total. The maximum absolute atomic E-state index is 12.4. The van der Waals surface area contributed by atoms with Crippen LogP contribution in [0.4, 0.5) is 0 Å². The molecule has 176 valence electrons. The number of hydrogen-bond acceptors (Lipinski definition) is 5. The summed E-state index contributed by atoms with van der Waals surface area (Å²) >= 11 is 6.39. The van der Waals surface area contributed by atoms with Crippen molar-refractivity contribution in [2.75, 3.05) is 6.61 Å². The number of H-pyrrole nitrogens is 1. The van der Waals surface area contributed by atoms with Gasteiger partial charge in [-0.2, -0.15) is 4.98 Å². The summed E-state index contributed by atoms with van der Waals surface area (Å²) in [4.78, 5) is 35.0. The van der Waals surface area contributed by atoms with E-state index >= 15 is 0 Å². The molecule has 5 rings (SSSR count). The number of ether oxygens (including phenoxy) is 1. The number of hydrogen-bond donors (Lipinski definition) is 1. The van der Waals surface area contributed by atoms with Gasteiger partial charge in [0.2, 0.25) is 0 Å². The Kier molecular flexibility index (Phi) is 6.44. The van der Waals surface area contributed by atoms with Crippen LogP contribution in [0.3, 0.4) is 0 Å². The summed E-state index contributed by atoms with van der Waals surface area (Å²) < 4.78 is 7.76. The van der Waals surface area contributed by atoms with Gasteiger partial charge in [0, 0.05) is 11.6 Å². The van der Waals surface area contributed by atoms with E-state index in [0.717, 1.165) is 28.6 Å². The highest BCUT2D eigenvalue weighted by atomic mass is 35.5. The van der Waals surface area contributed by atoms with Gasteiger partial charge in [0.25, 0.3) is 5.56 Å². The SMILES string of the molecule is CCc1cc2c(cc1Cl)nc1c(=O)[nH]c(=O)nc-1n2CCOCc1ccc(-c2ccccc2)cc1. The first kappa shape index (κ1) is 23.0. The molecule has 0 bridgehead atoms. The van der Waals surface area contributed by atoms with Crippen LogP contribution in [0.15, 0.2) is 76.3 Å². The molecule has 0 fully saturated rings. The number of aromatic amines is 1.